The maximum absolute atomic E-state index is 4.36. The first-order valence-electron chi connectivity index (χ1n) is 6.80. The number of hydrogen-bond donors (Lipinski definition) is 1. The third-order valence-electron chi connectivity index (χ3n) is 3.51. The lowest BCUT2D eigenvalue weighted by atomic mass is 9.94. The van der Waals surface area contributed by atoms with Crippen LogP contribution < -0.4 is 5.32 Å². The number of aromatic nitrogens is 1. The summed E-state index contributed by atoms with van der Waals surface area (Å²) in [6.07, 6.45) is 10.2. The van der Waals surface area contributed by atoms with Crippen LogP contribution in [0.5, 0.6) is 0 Å². The van der Waals surface area contributed by atoms with Crippen molar-refractivity contribution in [3.8, 4) is 10.6 Å². The summed E-state index contributed by atoms with van der Waals surface area (Å²) < 4.78 is 0. The number of rotatable bonds is 4. The molecule has 0 amide bonds. The van der Waals surface area contributed by atoms with Gasteiger partial charge in [0.25, 0.3) is 0 Å². The van der Waals surface area contributed by atoms with Crippen molar-refractivity contribution in [2.75, 3.05) is 11.9 Å². The van der Waals surface area contributed by atoms with E-state index in [4.69, 9.17) is 0 Å². The third kappa shape index (κ3) is 3.24. The van der Waals surface area contributed by atoms with E-state index in [1.165, 1.54) is 30.5 Å². The Morgan fingerprint density at radius 3 is 3.11 bits per heavy atom. The molecular formula is C16H18N2S. The predicted octanol–water partition coefficient (Wildman–Crippen LogP) is 4.58. The molecule has 1 aromatic heterocycles. The Hall–Kier alpha value is -1.61. The third-order valence-corrected chi connectivity index (χ3v) is 4.34. The number of nitrogens with zero attached hydrogens (tertiary/aromatic N) is 1. The first-order valence-corrected chi connectivity index (χ1v) is 7.68. The summed E-state index contributed by atoms with van der Waals surface area (Å²) in [5.41, 5.74) is 2.39. The molecule has 19 heavy (non-hydrogen) atoms. The van der Waals surface area contributed by atoms with Gasteiger partial charge in [-0.25, -0.2) is 4.98 Å². The zero-order chi connectivity index (χ0) is 12.9. The van der Waals surface area contributed by atoms with Crippen molar-refractivity contribution in [2.45, 2.75) is 19.3 Å². The lowest BCUT2D eigenvalue weighted by Crippen LogP contribution is -2.15. The molecular weight excluding hydrogens is 252 g/mol. The Balaban J connectivity index is 1.65. The van der Waals surface area contributed by atoms with Gasteiger partial charge in [-0.3, -0.25) is 0 Å². The fraction of sp³-hybridized carbons (Fsp3) is 0.312. The van der Waals surface area contributed by atoms with E-state index in [0.29, 0.717) is 0 Å². The second kappa shape index (κ2) is 6.02. The molecule has 98 valence electrons. The van der Waals surface area contributed by atoms with Gasteiger partial charge in [0.1, 0.15) is 5.01 Å². The van der Waals surface area contributed by atoms with E-state index in [2.05, 4.69) is 46.7 Å². The van der Waals surface area contributed by atoms with Crippen LogP contribution in [0.4, 0.5) is 5.69 Å². The molecule has 1 N–H and O–H groups in total. The zero-order valence-corrected chi connectivity index (χ0v) is 11.7. The largest absolute Gasteiger partial charge is 0.385 e. The smallest absolute Gasteiger partial charge is 0.123 e. The maximum atomic E-state index is 4.36. The molecule has 0 bridgehead atoms. The zero-order valence-electron chi connectivity index (χ0n) is 10.9. The Kier molecular flexibility index (Phi) is 3.94. The lowest BCUT2D eigenvalue weighted by molar-refractivity contribution is 0.504. The molecule has 1 unspecified atom stereocenters. The topological polar surface area (TPSA) is 24.9 Å². The lowest BCUT2D eigenvalue weighted by Gasteiger charge is -2.19. The van der Waals surface area contributed by atoms with E-state index in [1.54, 1.807) is 11.3 Å². The van der Waals surface area contributed by atoms with Crippen molar-refractivity contribution in [2.24, 2.45) is 5.92 Å². The van der Waals surface area contributed by atoms with Crippen molar-refractivity contribution in [1.29, 1.82) is 0 Å². The Morgan fingerprint density at radius 2 is 2.32 bits per heavy atom. The summed E-state index contributed by atoms with van der Waals surface area (Å²) in [4.78, 5) is 4.36. The van der Waals surface area contributed by atoms with Crippen LogP contribution in [-0.4, -0.2) is 11.5 Å². The van der Waals surface area contributed by atoms with Gasteiger partial charge in [0, 0.05) is 29.4 Å². The van der Waals surface area contributed by atoms with Gasteiger partial charge < -0.3 is 5.32 Å². The number of anilines is 1. The fourth-order valence-corrected chi connectivity index (χ4v) is 3.07. The van der Waals surface area contributed by atoms with Crippen LogP contribution in [0.3, 0.4) is 0 Å². The van der Waals surface area contributed by atoms with Gasteiger partial charge in [0.05, 0.1) is 0 Å². The Morgan fingerprint density at radius 1 is 1.32 bits per heavy atom. The Bertz CT molecular complexity index is 546. The molecule has 0 spiro atoms. The van der Waals surface area contributed by atoms with Crippen LogP contribution >= 0.6 is 11.3 Å². The summed E-state index contributed by atoms with van der Waals surface area (Å²) in [7, 11) is 0. The van der Waals surface area contributed by atoms with Gasteiger partial charge in [0.15, 0.2) is 0 Å². The molecule has 0 saturated carbocycles. The average molecular weight is 270 g/mol. The van der Waals surface area contributed by atoms with E-state index in [1.807, 2.05) is 11.6 Å². The quantitative estimate of drug-likeness (QED) is 0.823. The molecule has 0 fully saturated rings. The summed E-state index contributed by atoms with van der Waals surface area (Å²) in [6.45, 7) is 1.06. The normalized spacial score (nSPS) is 18.4. The van der Waals surface area contributed by atoms with Crippen LogP contribution in [0.2, 0.25) is 0 Å². The highest BCUT2D eigenvalue weighted by molar-refractivity contribution is 7.13. The van der Waals surface area contributed by atoms with E-state index < -0.39 is 0 Å². The van der Waals surface area contributed by atoms with E-state index in [0.717, 1.165) is 17.5 Å². The minimum atomic E-state index is 0.772. The first kappa shape index (κ1) is 12.4. The van der Waals surface area contributed by atoms with Gasteiger partial charge in [-0.15, -0.1) is 11.3 Å². The van der Waals surface area contributed by atoms with Gasteiger partial charge in [-0.1, -0.05) is 24.3 Å². The van der Waals surface area contributed by atoms with Crippen LogP contribution in [0, 0.1) is 5.92 Å². The average Bonchev–Trinajstić information content (AvgIpc) is 3.01. The number of nitrogens with one attached hydrogen (secondary N) is 1. The predicted molar refractivity (Wildman–Crippen MR) is 82.5 cm³/mol. The summed E-state index contributed by atoms with van der Waals surface area (Å²) in [5.74, 6) is 0.772. The summed E-state index contributed by atoms with van der Waals surface area (Å²) in [5, 5.41) is 6.66. The van der Waals surface area contributed by atoms with Gasteiger partial charge >= 0.3 is 0 Å². The van der Waals surface area contributed by atoms with Crippen LogP contribution in [0.25, 0.3) is 10.6 Å². The molecule has 3 heteroatoms. The number of thiazole rings is 1. The molecule has 2 nitrogen and oxygen atoms in total. The number of allylic oxidation sites excluding steroid dienone is 2. The molecule has 0 aliphatic heterocycles. The minimum Gasteiger partial charge on any atom is -0.385 e. The highest BCUT2D eigenvalue weighted by Gasteiger charge is 2.09. The molecule has 3 rings (SSSR count). The van der Waals surface area contributed by atoms with Gasteiger partial charge in [-0.05, 0) is 37.3 Å². The van der Waals surface area contributed by atoms with Crippen molar-refractivity contribution < 1.29 is 0 Å². The standard InChI is InChI=1S/C16H18N2S/c1-2-5-13(6-3-1)12-18-15-8-4-7-14(11-15)16-17-9-10-19-16/h1-2,4,7-11,13,18H,3,5-6,12H2. The molecule has 0 radical (unpaired) electrons. The maximum Gasteiger partial charge on any atom is 0.123 e. The SMILES string of the molecule is C1=CCC(CNc2cccc(-c3nccs3)c2)CC1. The highest BCUT2D eigenvalue weighted by atomic mass is 32.1. The van der Waals surface area contributed by atoms with Crippen molar-refractivity contribution in [3.63, 3.8) is 0 Å². The first-order chi connectivity index (χ1) is 9.42. The van der Waals surface area contributed by atoms with Gasteiger partial charge in [-0.2, -0.15) is 0 Å². The molecule has 0 saturated heterocycles. The second-order valence-electron chi connectivity index (χ2n) is 4.95. The molecule has 1 atom stereocenters. The molecule has 1 aliphatic rings. The van der Waals surface area contributed by atoms with Crippen molar-refractivity contribution in [1.82, 2.24) is 4.98 Å². The monoisotopic (exact) mass is 270 g/mol. The van der Waals surface area contributed by atoms with Crippen LogP contribution in [0.15, 0.2) is 48.0 Å². The van der Waals surface area contributed by atoms with Crippen LogP contribution in [0.1, 0.15) is 19.3 Å². The van der Waals surface area contributed by atoms with Crippen LogP contribution in [-0.2, 0) is 0 Å². The molecule has 2 aromatic rings. The molecule has 1 aliphatic carbocycles. The summed E-state index contributed by atoms with van der Waals surface area (Å²) >= 11 is 1.68. The highest BCUT2D eigenvalue weighted by Crippen LogP contribution is 2.25. The van der Waals surface area contributed by atoms with E-state index >= 15 is 0 Å². The van der Waals surface area contributed by atoms with Crippen molar-refractivity contribution >= 4 is 17.0 Å². The van der Waals surface area contributed by atoms with Crippen molar-refractivity contribution in [3.05, 3.63) is 48.0 Å². The molecule has 1 heterocycles. The number of hydrogen-bond acceptors (Lipinski definition) is 3. The second-order valence-corrected chi connectivity index (χ2v) is 5.84. The van der Waals surface area contributed by atoms with E-state index in [-0.39, 0.29) is 0 Å². The Labute approximate surface area is 118 Å². The van der Waals surface area contributed by atoms with Gasteiger partial charge in [0.2, 0.25) is 0 Å². The van der Waals surface area contributed by atoms with E-state index in [9.17, 15) is 0 Å². The molecule has 1 aromatic carbocycles. The summed E-state index contributed by atoms with van der Waals surface area (Å²) in [6, 6.07) is 8.54. The minimum absolute atomic E-state index is 0.772. The number of benzene rings is 1. The fourth-order valence-electron chi connectivity index (χ4n) is 2.43.